The Bertz CT molecular complexity index is 412. The molecule has 2 N–H and O–H groups in total. The van der Waals surface area contributed by atoms with E-state index in [0.29, 0.717) is 18.7 Å². The lowest BCUT2D eigenvalue weighted by Gasteiger charge is -2.10. The molecule has 0 saturated carbocycles. The molecule has 0 radical (unpaired) electrons. The summed E-state index contributed by atoms with van der Waals surface area (Å²) in [5.74, 6) is 0.0263. The molecule has 86 valence electrons. The molecular formula is C9H16N2O2S2. The number of rotatable bonds is 5. The molecule has 1 rings (SSSR count). The van der Waals surface area contributed by atoms with Gasteiger partial charge in [-0.15, -0.1) is 11.3 Å². The SMILES string of the molecule is Cc1nc(CS(=O)(=O)C(C)CCN)cs1. The largest absolute Gasteiger partial charge is 0.330 e. The number of nitrogens with two attached hydrogens (primary N) is 1. The van der Waals surface area contributed by atoms with E-state index in [9.17, 15) is 8.42 Å². The molecule has 1 aromatic rings. The van der Waals surface area contributed by atoms with Gasteiger partial charge in [0.05, 0.1) is 21.7 Å². The maximum Gasteiger partial charge on any atom is 0.158 e. The highest BCUT2D eigenvalue weighted by Gasteiger charge is 2.21. The number of aromatic nitrogens is 1. The van der Waals surface area contributed by atoms with Gasteiger partial charge in [0.2, 0.25) is 0 Å². The van der Waals surface area contributed by atoms with Crippen molar-refractivity contribution in [2.75, 3.05) is 6.54 Å². The summed E-state index contributed by atoms with van der Waals surface area (Å²) >= 11 is 1.47. The molecule has 1 atom stereocenters. The Labute approximate surface area is 94.4 Å². The third-order valence-electron chi connectivity index (χ3n) is 2.20. The van der Waals surface area contributed by atoms with Gasteiger partial charge in [-0.05, 0) is 26.8 Å². The molecular weight excluding hydrogens is 232 g/mol. The standard InChI is InChI=1S/C9H16N2O2S2/c1-7(3-4-10)15(12,13)6-9-5-14-8(2)11-9/h5,7H,3-4,6,10H2,1-2H3. The second-order valence-corrected chi connectivity index (χ2v) is 7.03. The molecule has 0 bridgehead atoms. The summed E-state index contributed by atoms with van der Waals surface area (Å²) in [6, 6.07) is 0. The molecule has 0 amide bonds. The van der Waals surface area contributed by atoms with Crippen LogP contribution >= 0.6 is 11.3 Å². The molecule has 15 heavy (non-hydrogen) atoms. The smallest absolute Gasteiger partial charge is 0.158 e. The van der Waals surface area contributed by atoms with Crippen molar-refractivity contribution in [3.8, 4) is 0 Å². The van der Waals surface area contributed by atoms with Crippen molar-refractivity contribution in [3.05, 3.63) is 16.1 Å². The van der Waals surface area contributed by atoms with Gasteiger partial charge in [-0.3, -0.25) is 0 Å². The Balaban J connectivity index is 2.72. The summed E-state index contributed by atoms with van der Waals surface area (Å²) in [5, 5.41) is 2.30. The average Bonchev–Trinajstić information content (AvgIpc) is 2.50. The summed E-state index contributed by atoms with van der Waals surface area (Å²) in [7, 11) is -3.10. The van der Waals surface area contributed by atoms with Crippen LogP contribution in [0.2, 0.25) is 0 Å². The van der Waals surface area contributed by atoms with Gasteiger partial charge in [0.1, 0.15) is 0 Å². The second-order valence-electron chi connectivity index (χ2n) is 3.55. The molecule has 0 aliphatic rings. The normalized spacial score (nSPS) is 14.1. The first kappa shape index (κ1) is 12.6. The van der Waals surface area contributed by atoms with E-state index in [1.165, 1.54) is 11.3 Å². The number of thiazole rings is 1. The van der Waals surface area contributed by atoms with Crippen LogP contribution in [0.4, 0.5) is 0 Å². The fourth-order valence-corrected chi connectivity index (χ4v) is 3.30. The van der Waals surface area contributed by atoms with Gasteiger partial charge in [0, 0.05) is 5.38 Å². The third kappa shape index (κ3) is 3.55. The zero-order valence-electron chi connectivity index (χ0n) is 8.93. The lowest BCUT2D eigenvalue weighted by molar-refractivity contribution is 0.577. The molecule has 1 heterocycles. The Hall–Kier alpha value is -0.460. The first-order chi connectivity index (χ1) is 6.95. The maximum absolute atomic E-state index is 11.8. The lowest BCUT2D eigenvalue weighted by Crippen LogP contribution is -2.22. The Morgan fingerprint density at radius 3 is 2.73 bits per heavy atom. The van der Waals surface area contributed by atoms with Crippen LogP contribution in [0.1, 0.15) is 24.0 Å². The van der Waals surface area contributed by atoms with Crippen molar-refractivity contribution in [3.63, 3.8) is 0 Å². The number of sulfone groups is 1. The highest BCUT2D eigenvalue weighted by molar-refractivity contribution is 7.91. The minimum atomic E-state index is -3.10. The Kier molecular flexibility index (Phi) is 4.24. The van der Waals surface area contributed by atoms with Crippen LogP contribution in [0.5, 0.6) is 0 Å². The molecule has 6 heteroatoms. The van der Waals surface area contributed by atoms with Gasteiger partial charge in [0.25, 0.3) is 0 Å². The van der Waals surface area contributed by atoms with E-state index < -0.39 is 9.84 Å². The molecule has 0 fully saturated rings. The maximum atomic E-state index is 11.8. The molecule has 1 unspecified atom stereocenters. The summed E-state index contributed by atoms with van der Waals surface area (Å²) in [6.07, 6.45) is 0.505. The third-order valence-corrected chi connectivity index (χ3v) is 5.18. The van der Waals surface area contributed by atoms with E-state index in [1.807, 2.05) is 6.92 Å². The van der Waals surface area contributed by atoms with E-state index in [1.54, 1.807) is 12.3 Å². The fourth-order valence-electron chi connectivity index (χ4n) is 1.24. The predicted octanol–water partition coefficient (Wildman–Crippen LogP) is 1.10. The van der Waals surface area contributed by atoms with Crippen molar-refractivity contribution in [2.24, 2.45) is 5.73 Å². The first-order valence-electron chi connectivity index (χ1n) is 4.78. The monoisotopic (exact) mass is 248 g/mol. The zero-order valence-corrected chi connectivity index (χ0v) is 10.6. The number of hydrogen-bond acceptors (Lipinski definition) is 5. The molecule has 0 saturated heterocycles. The minimum absolute atomic E-state index is 0.0263. The fraction of sp³-hybridized carbons (Fsp3) is 0.667. The van der Waals surface area contributed by atoms with Crippen molar-refractivity contribution in [2.45, 2.75) is 31.3 Å². The van der Waals surface area contributed by atoms with Crippen molar-refractivity contribution >= 4 is 21.2 Å². The summed E-state index contributed by atoms with van der Waals surface area (Å²) in [4.78, 5) is 4.15. The van der Waals surface area contributed by atoms with Crippen LogP contribution < -0.4 is 5.73 Å². The van der Waals surface area contributed by atoms with E-state index in [4.69, 9.17) is 5.73 Å². The van der Waals surface area contributed by atoms with Gasteiger partial charge >= 0.3 is 0 Å². The highest BCUT2D eigenvalue weighted by Crippen LogP contribution is 2.15. The van der Waals surface area contributed by atoms with E-state index in [-0.39, 0.29) is 11.0 Å². The number of aryl methyl sites for hydroxylation is 1. The van der Waals surface area contributed by atoms with Gasteiger partial charge in [-0.1, -0.05) is 0 Å². The minimum Gasteiger partial charge on any atom is -0.330 e. The summed E-state index contributed by atoms with van der Waals surface area (Å²) in [6.45, 7) is 3.96. The Morgan fingerprint density at radius 1 is 1.60 bits per heavy atom. The lowest BCUT2D eigenvalue weighted by atomic mass is 10.3. The summed E-state index contributed by atoms with van der Waals surface area (Å²) < 4.78 is 23.6. The van der Waals surface area contributed by atoms with E-state index in [0.717, 1.165) is 5.01 Å². The van der Waals surface area contributed by atoms with Gasteiger partial charge in [0.15, 0.2) is 9.84 Å². The first-order valence-corrected chi connectivity index (χ1v) is 7.38. The molecule has 0 aromatic carbocycles. The number of hydrogen-bond donors (Lipinski definition) is 1. The van der Waals surface area contributed by atoms with Crippen LogP contribution in [0.15, 0.2) is 5.38 Å². The van der Waals surface area contributed by atoms with Gasteiger partial charge < -0.3 is 5.73 Å². The van der Waals surface area contributed by atoms with Crippen molar-refractivity contribution < 1.29 is 8.42 Å². The van der Waals surface area contributed by atoms with Crippen molar-refractivity contribution in [1.29, 1.82) is 0 Å². The van der Waals surface area contributed by atoms with Crippen molar-refractivity contribution in [1.82, 2.24) is 4.98 Å². The molecule has 4 nitrogen and oxygen atoms in total. The van der Waals surface area contributed by atoms with Gasteiger partial charge in [-0.25, -0.2) is 13.4 Å². The average molecular weight is 248 g/mol. The quantitative estimate of drug-likeness (QED) is 0.847. The molecule has 0 aliphatic heterocycles. The molecule has 1 aromatic heterocycles. The van der Waals surface area contributed by atoms with Crippen LogP contribution in [-0.2, 0) is 15.6 Å². The second kappa shape index (κ2) is 5.05. The van der Waals surface area contributed by atoms with Crippen LogP contribution in [-0.4, -0.2) is 25.2 Å². The Morgan fingerprint density at radius 2 is 2.27 bits per heavy atom. The topological polar surface area (TPSA) is 73.0 Å². The van der Waals surface area contributed by atoms with Crippen LogP contribution in [0.3, 0.4) is 0 Å². The zero-order chi connectivity index (χ0) is 11.5. The number of nitrogens with zero attached hydrogens (tertiary/aromatic N) is 1. The van der Waals surface area contributed by atoms with Crippen LogP contribution in [0.25, 0.3) is 0 Å². The highest BCUT2D eigenvalue weighted by atomic mass is 32.2. The van der Waals surface area contributed by atoms with E-state index in [2.05, 4.69) is 4.98 Å². The molecule has 0 spiro atoms. The molecule has 0 aliphatic carbocycles. The summed E-state index contributed by atoms with van der Waals surface area (Å²) in [5.41, 5.74) is 5.99. The van der Waals surface area contributed by atoms with Gasteiger partial charge in [-0.2, -0.15) is 0 Å². The van der Waals surface area contributed by atoms with E-state index >= 15 is 0 Å². The van der Waals surface area contributed by atoms with Crippen LogP contribution in [0, 0.1) is 6.92 Å². The predicted molar refractivity (Wildman–Crippen MR) is 62.6 cm³/mol.